The predicted octanol–water partition coefficient (Wildman–Crippen LogP) is 1.99. The van der Waals surface area contributed by atoms with Crippen LogP contribution in [0.1, 0.15) is 57.3 Å². The Morgan fingerprint density at radius 3 is 3.06 bits per heavy atom. The van der Waals surface area contributed by atoms with E-state index in [0.29, 0.717) is 6.04 Å². The molecular formula is C12H20N4. The highest BCUT2D eigenvalue weighted by atomic mass is 15.3. The third-order valence-corrected chi connectivity index (χ3v) is 3.86. The summed E-state index contributed by atoms with van der Waals surface area (Å²) in [5.74, 6) is 1.19. The molecule has 1 aliphatic carbocycles. The molecule has 1 saturated heterocycles. The van der Waals surface area contributed by atoms with Crippen LogP contribution in [0.4, 0.5) is 0 Å². The van der Waals surface area contributed by atoms with Gasteiger partial charge in [0.25, 0.3) is 0 Å². The molecule has 0 bridgehead atoms. The first-order chi connectivity index (χ1) is 7.86. The zero-order chi connectivity index (χ0) is 11.0. The zero-order valence-corrected chi connectivity index (χ0v) is 9.95. The second kappa shape index (κ2) is 3.84. The summed E-state index contributed by atoms with van der Waals surface area (Å²) in [4.78, 5) is 0. The number of aromatic nitrogens is 3. The van der Waals surface area contributed by atoms with Gasteiger partial charge in [0.2, 0.25) is 0 Å². The Morgan fingerprint density at radius 2 is 2.44 bits per heavy atom. The number of nitrogens with zero attached hydrogens (tertiary/aromatic N) is 3. The molecule has 1 aliphatic heterocycles. The molecule has 1 atom stereocenters. The Balaban J connectivity index is 1.94. The maximum absolute atomic E-state index is 4.40. The van der Waals surface area contributed by atoms with Crippen LogP contribution in [-0.4, -0.2) is 21.3 Å². The van der Waals surface area contributed by atoms with Crippen molar-refractivity contribution in [3.05, 3.63) is 12.2 Å². The van der Waals surface area contributed by atoms with Gasteiger partial charge in [0, 0.05) is 6.04 Å². The van der Waals surface area contributed by atoms with Crippen molar-refractivity contribution >= 4 is 0 Å². The van der Waals surface area contributed by atoms with Gasteiger partial charge in [-0.3, -0.25) is 0 Å². The molecule has 88 valence electrons. The Hall–Kier alpha value is -0.900. The maximum Gasteiger partial charge on any atom is 0.153 e. The van der Waals surface area contributed by atoms with Crippen molar-refractivity contribution in [2.24, 2.45) is 0 Å². The van der Waals surface area contributed by atoms with Crippen LogP contribution < -0.4 is 5.32 Å². The molecular weight excluding hydrogens is 200 g/mol. The summed E-state index contributed by atoms with van der Waals surface area (Å²) in [5, 5.41) is 12.2. The summed E-state index contributed by atoms with van der Waals surface area (Å²) in [6, 6.07) is 0.682. The van der Waals surface area contributed by atoms with Crippen LogP contribution in [0.5, 0.6) is 0 Å². The average molecular weight is 220 g/mol. The van der Waals surface area contributed by atoms with Crippen molar-refractivity contribution < 1.29 is 0 Å². The summed E-state index contributed by atoms with van der Waals surface area (Å²) in [6.45, 7) is 3.37. The molecule has 2 heterocycles. The fourth-order valence-corrected chi connectivity index (χ4v) is 2.95. The molecule has 3 rings (SSSR count). The number of nitrogens with one attached hydrogen (secondary N) is 1. The monoisotopic (exact) mass is 220 g/mol. The van der Waals surface area contributed by atoms with E-state index in [1.165, 1.54) is 44.3 Å². The molecule has 4 nitrogen and oxygen atoms in total. The van der Waals surface area contributed by atoms with Crippen LogP contribution in [0.3, 0.4) is 0 Å². The fraction of sp³-hybridized carbons (Fsp3) is 0.833. The lowest BCUT2D eigenvalue weighted by atomic mass is 9.91. The van der Waals surface area contributed by atoms with Crippen LogP contribution in [0, 0.1) is 0 Å². The lowest BCUT2D eigenvalue weighted by molar-refractivity contribution is 0.320. The minimum atomic E-state index is 0.119. The minimum absolute atomic E-state index is 0.119. The zero-order valence-electron chi connectivity index (χ0n) is 9.95. The molecule has 1 aromatic heterocycles. The Morgan fingerprint density at radius 1 is 1.56 bits per heavy atom. The third kappa shape index (κ3) is 1.56. The van der Waals surface area contributed by atoms with E-state index in [2.05, 4.69) is 27.0 Å². The molecule has 1 aromatic rings. The minimum Gasteiger partial charge on any atom is -0.313 e. The van der Waals surface area contributed by atoms with E-state index < -0.39 is 0 Å². The summed E-state index contributed by atoms with van der Waals surface area (Å²) < 4.78 is 2.31. The van der Waals surface area contributed by atoms with Gasteiger partial charge in [-0.25, -0.2) is 0 Å². The number of hydrogen-bond donors (Lipinski definition) is 1. The van der Waals surface area contributed by atoms with Crippen LogP contribution in [0.25, 0.3) is 0 Å². The lowest BCUT2D eigenvalue weighted by Crippen LogP contribution is -2.39. The highest BCUT2D eigenvalue weighted by Gasteiger charge is 2.41. The quantitative estimate of drug-likeness (QED) is 0.844. The van der Waals surface area contributed by atoms with Crippen molar-refractivity contribution in [2.45, 2.75) is 57.0 Å². The average Bonchev–Trinajstić information content (AvgIpc) is 2.83. The van der Waals surface area contributed by atoms with Gasteiger partial charge in [-0.1, -0.05) is 13.3 Å². The molecule has 0 amide bonds. The van der Waals surface area contributed by atoms with E-state index in [-0.39, 0.29) is 5.54 Å². The maximum atomic E-state index is 4.40. The largest absolute Gasteiger partial charge is 0.313 e. The lowest BCUT2D eigenvalue weighted by Gasteiger charge is -2.28. The van der Waals surface area contributed by atoms with E-state index >= 15 is 0 Å². The van der Waals surface area contributed by atoms with E-state index in [0.717, 1.165) is 6.54 Å². The first-order valence-corrected chi connectivity index (χ1v) is 6.51. The molecule has 1 saturated carbocycles. The van der Waals surface area contributed by atoms with Crippen LogP contribution in [0.15, 0.2) is 6.33 Å². The predicted molar refractivity (Wildman–Crippen MR) is 62.1 cm³/mol. The molecule has 1 unspecified atom stereocenters. The standard InChI is InChI=1S/C12H20N4/c1-2-6-12(7-3-8-13-12)11-15-14-9-16(11)10-4-5-10/h9-10,13H,2-8H2,1H3. The molecule has 0 spiro atoms. The van der Waals surface area contributed by atoms with E-state index in [4.69, 9.17) is 0 Å². The normalized spacial score (nSPS) is 29.8. The van der Waals surface area contributed by atoms with Gasteiger partial charge >= 0.3 is 0 Å². The highest BCUT2D eigenvalue weighted by molar-refractivity contribution is 5.11. The van der Waals surface area contributed by atoms with Gasteiger partial charge in [-0.05, 0) is 38.6 Å². The summed E-state index contributed by atoms with van der Waals surface area (Å²) >= 11 is 0. The Bertz CT molecular complexity index is 361. The SMILES string of the molecule is CCCC1(c2nncn2C2CC2)CCCN1. The Kier molecular flexibility index (Phi) is 2.46. The fourth-order valence-electron chi connectivity index (χ4n) is 2.95. The van der Waals surface area contributed by atoms with Gasteiger partial charge in [-0.15, -0.1) is 10.2 Å². The van der Waals surface area contributed by atoms with Crippen molar-refractivity contribution in [1.82, 2.24) is 20.1 Å². The van der Waals surface area contributed by atoms with Crippen LogP contribution in [0.2, 0.25) is 0 Å². The third-order valence-electron chi connectivity index (χ3n) is 3.86. The van der Waals surface area contributed by atoms with Gasteiger partial charge in [0.05, 0.1) is 5.54 Å². The summed E-state index contributed by atoms with van der Waals surface area (Å²) in [5.41, 5.74) is 0.119. The second-order valence-corrected chi connectivity index (χ2v) is 5.16. The molecule has 2 fully saturated rings. The molecule has 2 aliphatic rings. The number of hydrogen-bond acceptors (Lipinski definition) is 3. The number of rotatable bonds is 4. The van der Waals surface area contributed by atoms with E-state index in [9.17, 15) is 0 Å². The first-order valence-electron chi connectivity index (χ1n) is 6.51. The summed E-state index contributed by atoms with van der Waals surface area (Å²) in [7, 11) is 0. The first kappa shape index (κ1) is 10.3. The smallest absolute Gasteiger partial charge is 0.153 e. The van der Waals surface area contributed by atoms with Gasteiger partial charge < -0.3 is 9.88 Å². The van der Waals surface area contributed by atoms with E-state index in [1.807, 2.05) is 6.33 Å². The van der Waals surface area contributed by atoms with Gasteiger partial charge in [-0.2, -0.15) is 0 Å². The van der Waals surface area contributed by atoms with Gasteiger partial charge in [0.1, 0.15) is 6.33 Å². The van der Waals surface area contributed by atoms with Gasteiger partial charge in [0.15, 0.2) is 5.82 Å². The molecule has 16 heavy (non-hydrogen) atoms. The van der Waals surface area contributed by atoms with Crippen LogP contribution in [-0.2, 0) is 5.54 Å². The molecule has 0 aromatic carbocycles. The molecule has 4 heteroatoms. The topological polar surface area (TPSA) is 42.7 Å². The van der Waals surface area contributed by atoms with Crippen molar-refractivity contribution in [2.75, 3.05) is 6.54 Å². The van der Waals surface area contributed by atoms with Crippen LogP contribution >= 0.6 is 0 Å². The van der Waals surface area contributed by atoms with Crippen molar-refractivity contribution in [3.8, 4) is 0 Å². The molecule has 1 N–H and O–H groups in total. The second-order valence-electron chi connectivity index (χ2n) is 5.16. The highest BCUT2D eigenvalue weighted by Crippen LogP contribution is 2.40. The Labute approximate surface area is 96.4 Å². The van der Waals surface area contributed by atoms with E-state index in [1.54, 1.807) is 0 Å². The van der Waals surface area contributed by atoms with Crippen molar-refractivity contribution in [1.29, 1.82) is 0 Å². The summed E-state index contributed by atoms with van der Waals surface area (Å²) in [6.07, 6.45) is 9.37. The van der Waals surface area contributed by atoms with Crippen molar-refractivity contribution in [3.63, 3.8) is 0 Å². The molecule has 0 radical (unpaired) electrons.